The van der Waals surface area contributed by atoms with Crippen LogP contribution in [-0.2, 0) is 6.54 Å². The van der Waals surface area contributed by atoms with E-state index in [1.807, 2.05) is 0 Å². The largest absolute Gasteiger partial charge is 0.366 e. The zero-order valence-electron chi connectivity index (χ0n) is 8.41. The zero-order valence-corrected chi connectivity index (χ0v) is 8.41. The molecule has 0 fully saturated rings. The molecule has 0 saturated carbocycles. The van der Waals surface area contributed by atoms with Gasteiger partial charge in [-0.05, 0) is 30.8 Å². The summed E-state index contributed by atoms with van der Waals surface area (Å²) in [5, 5.41) is 2.91. The van der Waals surface area contributed by atoms with Crippen molar-refractivity contribution in [1.29, 1.82) is 0 Å². The van der Waals surface area contributed by atoms with Crippen molar-refractivity contribution in [2.24, 2.45) is 11.5 Å². The van der Waals surface area contributed by atoms with E-state index in [1.165, 1.54) is 6.07 Å². The molecule has 0 aliphatic heterocycles. The number of benzene rings is 1. The molecule has 2 amide bonds. The van der Waals surface area contributed by atoms with Crippen LogP contribution in [0.5, 0.6) is 0 Å². The van der Waals surface area contributed by atoms with E-state index in [0.29, 0.717) is 6.54 Å². The van der Waals surface area contributed by atoms with E-state index in [4.69, 9.17) is 11.5 Å². The summed E-state index contributed by atoms with van der Waals surface area (Å²) in [7, 11) is 1.76. The van der Waals surface area contributed by atoms with Crippen LogP contribution >= 0.6 is 0 Å². The lowest BCUT2D eigenvalue weighted by Crippen LogP contribution is -2.17. The lowest BCUT2D eigenvalue weighted by atomic mass is 10.0. The van der Waals surface area contributed by atoms with Gasteiger partial charge in [0, 0.05) is 17.7 Å². The average molecular weight is 207 g/mol. The fourth-order valence-corrected chi connectivity index (χ4v) is 1.28. The van der Waals surface area contributed by atoms with Gasteiger partial charge in [-0.25, -0.2) is 0 Å². The van der Waals surface area contributed by atoms with Gasteiger partial charge in [0.1, 0.15) is 0 Å². The Morgan fingerprint density at radius 2 is 1.60 bits per heavy atom. The summed E-state index contributed by atoms with van der Waals surface area (Å²) in [5.41, 5.74) is 11.6. The monoisotopic (exact) mass is 207 g/mol. The average Bonchev–Trinajstić information content (AvgIpc) is 2.17. The molecule has 0 aromatic heterocycles. The maximum atomic E-state index is 11.0. The molecule has 0 radical (unpaired) electrons. The number of carbonyl (C=O) groups is 2. The third kappa shape index (κ3) is 2.78. The first-order valence-corrected chi connectivity index (χ1v) is 4.42. The molecule has 5 N–H and O–H groups in total. The fourth-order valence-electron chi connectivity index (χ4n) is 1.28. The van der Waals surface area contributed by atoms with Crippen LogP contribution in [0, 0.1) is 0 Å². The molecule has 0 aliphatic rings. The summed E-state index contributed by atoms with van der Waals surface area (Å²) < 4.78 is 0. The highest BCUT2D eigenvalue weighted by atomic mass is 16.1. The maximum absolute atomic E-state index is 11.0. The highest BCUT2D eigenvalue weighted by Gasteiger charge is 2.08. The lowest BCUT2D eigenvalue weighted by Gasteiger charge is -2.05. The predicted molar refractivity (Wildman–Crippen MR) is 56.2 cm³/mol. The normalized spacial score (nSPS) is 9.93. The topological polar surface area (TPSA) is 98.2 Å². The van der Waals surface area contributed by atoms with Crippen LogP contribution in [0.15, 0.2) is 18.2 Å². The number of hydrogen-bond donors (Lipinski definition) is 3. The van der Waals surface area contributed by atoms with Crippen molar-refractivity contribution < 1.29 is 9.59 Å². The SMILES string of the molecule is CNCc1cc(C(N)=O)cc(C(N)=O)c1. The fraction of sp³-hybridized carbons (Fsp3) is 0.200. The number of hydrogen-bond acceptors (Lipinski definition) is 3. The van der Waals surface area contributed by atoms with Gasteiger partial charge in [-0.15, -0.1) is 0 Å². The third-order valence-corrected chi connectivity index (χ3v) is 1.94. The first kappa shape index (κ1) is 11.2. The van der Waals surface area contributed by atoms with E-state index in [0.717, 1.165) is 5.56 Å². The first-order chi connectivity index (χ1) is 7.04. The number of carbonyl (C=O) groups excluding carboxylic acids is 2. The molecule has 0 bridgehead atoms. The maximum Gasteiger partial charge on any atom is 0.248 e. The van der Waals surface area contributed by atoms with E-state index in [1.54, 1.807) is 19.2 Å². The molecule has 0 spiro atoms. The Hall–Kier alpha value is -1.88. The van der Waals surface area contributed by atoms with Crippen LogP contribution in [0.3, 0.4) is 0 Å². The summed E-state index contributed by atoms with van der Waals surface area (Å²) in [6.45, 7) is 0.543. The Kier molecular flexibility index (Phi) is 3.41. The molecule has 80 valence electrons. The first-order valence-electron chi connectivity index (χ1n) is 4.42. The molecular weight excluding hydrogens is 194 g/mol. The second-order valence-corrected chi connectivity index (χ2v) is 3.18. The van der Waals surface area contributed by atoms with Gasteiger partial charge in [-0.2, -0.15) is 0 Å². The number of amides is 2. The number of rotatable bonds is 4. The number of nitrogens with one attached hydrogen (secondary N) is 1. The van der Waals surface area contributed by atoms with Gasteiger partial charge >= 0.3 is 0 Å². The Balaban J connectivity index is 3.19. The van der Waals surface area contributed by atoms with Crippen molar-refractivity contribution in [3.05, 3.63) is 34.9 Å². The molecule has 1 rings (SSSR count). The molecule has 0 heterocycles. The number of nitrogens with two attached hydrogens (primary N) is 2. The highest BCUT2D eigenvalue weighted by molar-refractivity contribution is 5.98. The Morgan fingerprint density at radius 3 is 1.93 bits per heavy atom. The molecule has 0 aliphatic carbocycles. The standard InChI is InChI=1S/C10H13N3O2/c1-13-5-6-2-7(9(11)14)4-8(3-6)10(12)15/h2-4,13H,5H2,1H3,(H2,11,14)(H2,12,15). The summed E-state index contributed by atoms with van der Waals surface area (Å²) in [4.78, 5) is 22.0. The van der Waals surface area contributed by atoms with E-state index in [-0.39, 0.29) is 11.1 Å². The van der Waals surface area contributed by atoms with E-state index < -0.39 is 11.8 Å². The lowest BCUT2D eigenvalue weighted by molar-refractivity contribution is 0.0999. The minimum atomic E-state index is -0.574. The van der Waals surface area contributed by atoms with Gasteiger partial charge < -0.3 is 16.8 Å². The van der Waals surface area contributed by atoms with Crippen LogP contribution in [0.25, 0.3) is 0 Å². The van der Waals surface area contributed by atoms with Crippen LogP contribution in [0.1, 0.15) is 26.3 Å². The molecule has 0 unspecified atom stereocenters. The second kappa shape index (κ2) is 4.56. The summed E-state index contributed by atoms with van der Waals surface area (Å²) in [6.07, 6.45) is 0. The molecule has 5 nitrogen and oxygen atoms in total. The smallest absolute Gasteiger partial charge is 0.248 e. The zero-order chi connectivity index (χ0) is 11.4. The molecule has 15 heavy (non-hydrogen) atoms. The molecular formula is C10H13N3O2. The molecule has 1 aromatic rings. The van der Waals surface area contributed by atoms with Gasteiger partial charge in [-0.3, -0.25) is 9.59 Å². The van der Waals surface area contributed by atoms with Crippen LogP contribution in [-0.4, -0.2) is 18.9 Å². The van der Waals surface area contributed by atoms with Crippen molar-refractivity contribution >= 4 is 11.8 Å². The summed E-state index contributed by atoms with van der Waals surface area (Å²) in [5.74, 6) is -1.15. The minimum absolute atomic E-state index is 0.288. The summed E-state index contributed by atoms with van der Waals surface area (Å²) >= 11 is 0. The number of primary amides is 2. The van der Waals surface area contributed by atoms with Gasteiger partial charge in [-0.1, -0.05) is 0 Å². The Morgan fingerprint density at radius 1 is 1.13 bits per heavy atom. The van der Waals surface area contributed by atoms with E-state index in [9.17, 15) is 9.59 Å². The van der Waals surface area contributed by atoms with Gasteiger partial charge in [0.25, 0.3) is 0 Å². The third-order valence-electron chi connectivity index (χ3n) is 1.94. The molecule has 5 heteroatoms. The Bertz CT molecular complexity index is 369. The minimum Gasteiger partial charge on any atom is -0.366 e. The van der Waals surface area contributed by atoms with Gasteiger partial charge in [0.05, 0.1) is 0 Å². The molecule has 0 atom stereocenters. The molecule has 0 saturated heterocycles. The van der Waals surface area contributed by atoms with Crippen LogP contribution in [0.2, 0.25) is 0 Å². The molecule has 1 aromatic carbocycles. The van der Waals surface area contributed by atoms with Crippen molar-refractivity contribution in [2.75, 3.05) is 7.05 Å². The van der Waals surface area contributed by atoms with Gasteiger partial charge in [0.2, 0.25) is 11.8 Å². The van der Waals surface area contributed by atoms with Crippen molar-refractivity contribution in [2.45, 2.75) is 6.54 Å². The van der Waals surface area contributed by atoms with E-state index >= 15 is 0 Å². The van der Waals surface area contributed by atoms with Gasteiger partial charge in [0.15, 0.2) is 0 Å². The Labute approximate surface area is 87.4 Å². The van der Waals surface area contributed by atoms with Crippen LogP contribution < -0.4 is 16.8 Å². The van der Waals surface area contributed by atoms with Crippen molar-refractivity contribution in [3.63, 3.8) is 0 Å². The van der Waals surface area contributed by atoms with Crippen molar-refractivity contribution in [1.82, 2.24) is 5.32 Å². The summed E-state index contributed by atoms with van der Waals surface area (Å²) in [6, 6.07) is 4.65. The van der Waals surface area contributed by atoms with Crippen LogP contribution in [0.4, 0.5) is 0 Å². The quantitative estimate of drug-likeness (QED) is 0.626. The predicted octanol–water partition coefficient (Wildman–Crippen LogP) is -0.396. The van der Waals surface area contributed by atoms with E-state index in [2.05, 4.69) is 5.32 Å². The second-order valence-electron chi connectivity index (χ2n) is 3.18. The highest BCUT2D eigenvalue weighted by Crippen LogP contribution is 2.09. The van der Waals surface area contributed by atoms with Crippen molar-refractivity contribution in [3.8, 4) is 0 Å².